The third-order valence-corrected chi connectivity index (χ3v) is 1.07. The van der Waals surface area contributed by atoms with E-state index in [4.69, 9.17) is 0 Å². The smallest absolute Gasteiger partial charge is 0.00556 e. The Morgan fingerprint density at radius 2 is 1.91 bits per heavy atom. The zero-order valence-electron chi connectivity index (χ0n) is 7.25. The molecule has 0 aliphatic carbocycles. The predicted molar refractivity (Wildman–Crippen MR) is 51.3 cm³/mol. The lowest BCUT2D eigenvalue weighted by Crippen LogP contribution is -1.99. The highest BCUT2D eigenvalue weighted by Gasteiger charge is 1.74. The number of allylic oxidation sites excluding steroid dienone is 5. The molecule has 60 valence electrons. The normalized spacial score (nSPS) is 10.7. The Hall–Kier alpha value is -1.24. The van der Waals surface area contributed by atoms with E-state index in [1.807, 2.05) is 43.4 Å². The molecule has 0 aliphatic heterocycles. The molecule has 0 radical (unpaired) electrons. The summed E-state index contributed by atoms with van der Waals surface area (Å²) in [6.45, 7) is 7.33. The standard InChI is InChI=1S/C10H15N/c1-5-10(2)8-6-7-9-11(3)4/h5-9H,1-2H2,3-4H3. The van der Waals surface area contributed by atoms with E-state index in [0.717, 1.165) is 5.57 Å². The summed E-state index contributed by atoms with van der Waals surface area (Å²) in [7, 11) is 3.96. The molecule has 0 spiro atoms. The van der Waals surface area contributed by atoms with Crippen LogP contribution < -0.4 is 0 Å². The predicted octanol–water partition coefficient (Wildman–Crippen LogP) is 2.36. The molecule has 0 bridgehead atoms. The average Bonchev–Trinajstić information content (AvgIpc) is 1.97. The molecule has 0 aromatic rings. The zero-order valence-corrected chi connectivity index (χ0v) is 7.25. The van der Waals surface area contributed by atoms with Crippen LogP contribution in [0.25, 0.3) is 0 Å². The molecule has 0 saturated carbocycles. The van der Waals surface area contributed by atoms with Crippen LogP contribution in [0.5, 0.6) is 0 Å². The van der Waals surface area contributed by atoms with Crippen LogP contribution >= 0.6 is 0 Å². The summed E-state index contributed by atoms with van der Waals surface area (Å²) in [4.78, 5) is 1.97. The highest BCUT2D eigenvalue weighted by molar-refractivity contribution is 5.27. The van der Waals surface area contributed by atoms with Crippen LogP contribution in [0.15, 0.2) is 49.2 Å². The molecule has 0 rings (SSSR count). The van der Waals surface area contributed by atoms with E-state index in [1.54, 1.807) is 6.08 Å². The number of nitrogens with zero attached hydrogens (tertiary/aromatic N) is 1. The van der Waals surface area contributed by atoms with Crippen LogP contribution in [0.1, 0.15) is 0 Å². The quantitative estimate of drug-likeness (QED) is 0.555. The van der Waals surface area contributed by atoms with Crippen LogP contribution in [0, 0.1) is 0 Å². The molecule has 0 saturated heterocycles. The lowest BCUT2D eigenvalue weighted by molar-refractivity contribution is 0.564. The van der Waals surface area contributed by atoms with Crippen molar-refractivity contribution >= 4 is 0 Å². The lowest BCUT2D eigenvalue weighted by atomic mass is 10.3. The van der Waals surface area contributed by atoms with Gasteiger partial charge in [-0.2, -0.15) is 0 Å². The lowest BCUT2D eigenvalue weighted by Gasteiger charge is -2.00. The highest BCUT2D eigenvalue weighted by Crippen LogP contribution is 1.92. The van der Waals surface area contributed by atoms with Gasteiger partial charge in [0.25, 0.3) is 0 Å². The minimum absolute atomic E-state index is 0.924. The van der Waals surface area contributed by atoms with Crippen molar-refractivity contribution < 1.29 is 0 Å². The molecule has 0 aromatic heterocycles. The van der Waals surface area contributed by atoms with E-state index < -0.39 is 0 Å². The highest BCUT2D eigenvalue weighted by atomic mass is 15.0. The Bertz CT molecular complexity index is 185. The van der Waals surface area contributed by atoms with Gasteiger partial charge in [-0.05, 0) is 17.8 Å². The first-order chi connectivity index (χ1) is 5.16. The third kappa shape index (κ3) is 6.65. The van der Waals surface area contributed by atoms with Crippen LogP contribution in [-0.4, -0.2) is 19.0 Å². The first-order valence-corrected chi connectivity index (χ1v) is 3.49. The van der Waals surface area contributed by atoms with Crippen LogP contribution in [0.2, 0.25) is 0 Å². The fourth-order valence-corrected chi connectivity index (χ4v) is 0.469. The summed E-state index contributed by atoms with van der Waals surface area (Å²) >= 11 is 0. The van der Waals surface area contributed by atoms with Crippen molar-refractivity contribution in [3.63, 3.8) is 0 Å². The zero-order chi connectivity index (χ0) is 8.69. The first-order valence-electron chi connectivity index (χ1n) is 3.49. The summed E-state index contributed by atoms with van der Waals surface area (Å²) in [5, 5.41) is 0. The maximum Gasteiger partial charge on any atom is 0.00556 e. The minimum atomic E-state index is 0.924. The maximum atomic E-state index is 3.74. The summed E-state index contributed by atoms with van der Waals surface area (Å²) in [5.41, 5.74) is 0.924. The molecule has 0 fully saturated rings. The van der Waals surface area contributed by atoms with Crippen molar-refractivity contribution in [2.45, 2.75) is 0 Å². The number of hydrogen-bond acceptors (Lipinski definition) is 1. The SMILES string of the molecule is C=CC(=C)C=CC=CN(C)C. The van der Waals surface area contributed by atoms with Gasteiger partial charge in [0.05, 0.1) is 0 Å². The van der Waals surface area contributed by atoms with E-state index in [0.29, 0.717) is 0 Å². The largest absolute Gasteiger partial charge is 0.383 e. The van der Waals surface area contributed by atoms with Crippen molar-refractivity contribution in [1.29, 1.82) is 0 Å². The Balaban J connectivity index is 3.77. The van der Waals surface area contributed by atoms with E-state index in [-0.39, 0.29) is 0 Å². The van der Waals surface area contributed by atoms with E-state index in [2.05, 4.69) is 13.2 Å². The maximum absolute atomic E-state index is 3.74. The number of rotatable bonds is 4. The molecule has 11 heavy (non-hydrogen) atoms. The van der Waals surface area contributed by atoms with Crippen molar-refractivity contribution in [3.05, 3.63) is 49.2 Å². The van der Waals surface area contributed by atoms with E-state index >= 15 is 0 Å². The second-order valence-corrected chi connectivity index (χ2v) is 2.44. The Morgan fingerprint density at radius 3 is 2.36 bits per heavy atom. The van der Waals surface area contributed by atoms with Gasteiger partial charge < -0.3 is 4.90 Å². The van der Waals surface area contributed by atoms with E-state index in [9.17, 15) is 0 Å². The van der Waals surface area contributed by atoms with Gasteiger partial charge in [-0.1, -0.05) is 31.4 Å². The van der Waals surface area contributed by atoms with Crippen molar-refractivity contribution in [2.75, 3.05) is 14.1 Å². The van der Waals surface area contributed by atoms with Gasteiger partial charge >= 0.3 is 0 Å². The molecule has 0 N–H and O–H groups in total. The van der Waals surface area contributed by atoms with Crippen molar-refractivity contribution in [3.8, 4) is 0 Å². The molecular weight excluding hydrogens is 134 g/mol. The van der Waals surface area contributed by atoms with Crippen LogP contribution in [0.3, 0.4) is 0 Å². The summed E-state index contributed by atoms with van der Waals surface area (Å²) in [6, 6.07) is 0. The summed E-state index contributed by atoms with van der Waals surface area (Å²) < 4.78 is 0. The molecule has 1 nitrogen and oxygen atoms in total. The molecule has 0 heterocycles. The molecular formula is C10H15N. The topological polar surface area (TPSA) is 3.24 Å². The van der Waals surface area contributed by atoms with Crippen LogP contribution in [-0.2, 0) is 0 Å². The summed E-state index contributed by atoms with van der Waals surface area (Å²) in [6.07, 6.45) is 9.48. The van der Waals surface area contributed by atoms with Crippen LogP contribution in [0.4, 0.5) is 0 Å². The summed E-state index contributed by atoms with van der Waals surface area (Å²) in [5.74, 6) is 0. The Kier molecular flexibility index (Phi) is 4.91. The minimum Gasteiger partial charge on any atom is -0.383 e. The molecule has 0 aromatic carbocycles. The first kappa shape index (κ1) is 9.76. The second kappa shape index (κ2) is 5.54. The van der Waals surface area contributed by atoms with Gasteiger partial charge in [0.15, 0.2) is 0 Å². The van der Waals surface area contributed by atoms with Crippen molar-refractivity contribution in [2.24, 2.45) is 0 Å². The second-order valence-electron chi connectivity index (χ2n) is 2.44. The fourth-order valence-electron chi connectivity index (χ4n) is 0.469. The average molecular weight is 149 g/mol. The van der Waals surface area contributed by atoms with Gasteiger partial charge in [-0.3, -0.25) is 0 Å². The molecule has 1 heteroatoms. The molecule has 0 aliphatic rings. The fraction of sp³-hybridized carbons (Fsp3) is 0.200. The molecule has 0 amide bonds. The third-order valence-electron chi connectivity index (χ3n) is 1.07. The van der Waals surface area contributed by atoms with Gasteiger partial charge in [0.1, 0.15) is 0 Å². The van der Waals surface area contributed by atoms with Gasteiger partial charge in [0.2, 0.25) is 0 Å². The van der Waals surface area contributed by atoms with Gasteiger partial charge in [0, 0.05) is 14.1 Å². The molecule has 0 atom stereocenters. The number of hydrogen-bond donors (Lipinski definition) is 0. The van der Waals surface area contributed by atoms with Gasteiger partial charge in [-0.25, -0.2) is 0 Å². The monoisotopic (exact) mass is 149 g/mol. The van der Waals surface area contributed by atoms with Gasteiger partial charge in [-0.15, -0.1) is 0 Å². The molecule has 0 unspecified atom stereocenters. The Labute approximate surface area is 69.0 Å². The Morgan fingerprint density at radius 1 is 1.27 bits per heavy atom. The van der Waals surface area contributed by atoms with E-state index in [1.165, 1.54) is 0 Å². The van der Waals surface area contributed by atoms with Crippen molar-refractivity contribution in [1.82, 2.24) is 4.90 Å².